The lowest BCUT2D eigenvalue weighted by molar-refractivity contribution is 0.216. The van der Waals surface area contributed by atoms with Gasteiger partial charge in [-0.05, 0) is 30.7 Å². The van der Waals surface area contributed by atoms with E-state index in [1.165, 1.54) is 17.3 Å². The molecule has 0 aliphatic heterocycles. The van der Waals surface area contributed by atoms with Crippen LogP contribution >= 0.6 is 23.2 Å². The normalized spacial score (nSPS) is 11.0. The minimum Gasteiger partial charge on any atom is -0.490 e. The number of aryl methyl sites for hydroxylation is 1. The second-order valence-electron chi connectivity index (χ2n) is 5.35. The zero-order valence-corrected chi connectivity index (χ0v) is 15.5. The van der Waals surface area contributed by atoms with Crippen molar-refractivity contribution in [2.75, 3.05) is 13.2 Å². The van der Waals surface area contributed by atoms with E-state index < -0.39 is 0 Å². The second-order valence-corrected chi connectivity index (χ2v) is 6.20. The average Bonchev–Trinajstić information content (AvgIpc) is 3.13. The third-order valence-corrected chi connectivity index (χ3v) is 3.95. The summed E-state index contributed by atoms with van der Waals surface area (Å²) < 4.78 is 13.0. The standard InChI is InChI=1S/C18H16Cl2N4O2/c1-13-4-2-3-5-17(13)25-6-7-26-18-14(8-15(19)9-16(18)20)10-23-24-11-21-22-12-24/h2-5,8-12H,6-7H2,1H3. The van der Waals surface area contributed by atoms with Crippen molar-refractivity contribution in [2.24, 2.45) is 5.10 Å². The summed E-state index contributed by atoms with van der Waals surface area (Å²) >= 11 is 12.4. The van der Waals surface area contributed by atoms with Gasteiger partial charge in [0.05, 0.1) is 11.2 Å². The molecule has 0 radical (unpaired) electrons. The van der Waals surface area contributed by atoms with Gasteiger partial charge in [0.1, 0.15) is 37.4 Å². The number of aromatic nitrogens is 3. The maximum atomic E-state index is 6.27. The van der Waals surface area contributed by atoms with Gasteiger partial charge in [0.25, 0.3) is 0 Å². The third kappa shape index (κ3) is 4.74. The van der Waals surface area contributed by atoms with Gasteiger partial charge in [0.2, 0.25) is 0 Å². The largest absolute Gasteiger partial charge is 0.490 e. The van der Waals surface area contributed by atoms with Crippen LogP contribution in [0, 0.1) is 6.92 Å². The first-order chi connectivity index (χ1) is 12.6. The van der Waals surface area contributed by atoms with Gasteiger partial charge in [0.15, 0.2) is 0 Å². The Balaban J connectivity index is 1.67. The van der Waals surface area contributed by atoms with E-state index in [0.717, 1.165) is 11.3 Å². The summed E-state index contributed by atoms with van der Waals surface area (Å²) in [6.07, 6.45) is 4.52. The molecule has 0 fully saturated rings. The molecule has 0 unspecified atom stereocenters. The van der Waals surface area contributed by atoms with Crippen LogP contribution in [0.3, 0.4) is 0 Å². The number of ether oxygens (including phenoxy) is 2. The highest BCUT2D eigenvalue weighted by Crippen LogP contribution is 2.31. The van der Waals surface area contributed by atoms with E-state index in [1.807, 2.05) is 31.2 Å². The summed E-state index contributed by atoms with van der Waals surface area (Å²) in [5.74, 6) is 1.31. The van der Waals surface area contributed by atoms with Crippen molar-refractivity contribution in [2.45, 2.75) is 6.92 Å². The van der Waals surface area contributed by atoms with Crippen LogP contribution in [-0.4, -0.2) is 34.3 Å². The molecule has 26 heavy (non-hydrogen) atoms. The SMILES string of the molecule is Cc1ccccc1OCCOc1c(Cl)cc(Cl)cc1C=Nn1cnnc1. The lowest BCUT2D eigenvalue weighted by atomic mass is 10.2. The minimum absolute atomic E-state index is 0.323. The molecule has 0 saturated heterocycles. The molecule has 6 nitrogen and oxygen atoms in total. The molecule has 0 saturated carbocycles. The van der Waals surface area contributed by atoms with Gasteiger partial charge in [-0.25, -0.2) is 4.68 Å². The summed E-state index contributed by atoms with van der Waals surface area (Å²) in [5, 5.41) is 12.5. The number of rotatable bonds is 7. The van der Waals surface area contributed by atoms with E-state index in [0.29, 0.717) is 34.6 Å². The molecule has 2 aromatic carbocycles. The van der Waals surface area contributed by atoms with Crippen molar-refractivity contribution in [3.8, 4) is 11.5 Å². The molecule has 1 aromatic heterocycles. The van der Waals surface area contributed by atoms with E-state index >= 15 is 0 Å². The first kappa shape index (κ1) is 18.2. The fourth-order valence-corrected chi connectivity index (χ4v) is 2.79. The summed E-state index contributed by atoms with van der Waals surface area (Å²) in [4.78, 5) is 0. The predicted octanol–water partition coefficient (Wildman–Crippen LogP) is 4.23. The Bertz CT molecular complexity index is 898. The fraction of sp³-hybridized carbons (Fsp3) is 0.167. The summed E-state index contributed by atoms with van der Waals surface area (Å²) in [7, 11) is 0. The predicted molar refractivity (Wildman–Crippen MR) is 102 cm³/mol. The fourth-order valence-electron chi connectivity index (χ4n) is 2.23. The number of hydrogen-bond acceptors (Lipinski definition) is 5. The Morgan fingerprint density at radius 2 is 1.81 bits per heavy atom. The number of halogens is 2. The van der Waals surface area contributed by atoms with E-state index in [9.17, 15) is 0 Å². The Morgan fingerprint density at radius 1 is 1.08 bits per heavy atom. The Kier molecular flexibility index (Phi) is 6.09. The van der Waals surface area contributed by atoms with Crippen LogP contribution in [0.2, 0.25) is 10.0 Å². The molecule has 0 amide bonds. The van der Waals surface area contributed by atoms with Gasteiger partial charge in [-0.15, -0.1) is 10.2 Å². The lowest BCUT2D eigenvalue weighted by Gasteiger charge is -2.13. The smallest absolute Gasteiger partial charge is 0.147 e. The zero-order chi connectivity index (χ0) is 18.4. The maximum absolute atomic E-state index is 6.27. The van der Waals surface area contributed by atoms with E-state index in [2.05, 4.69) is 15.3 Å². The van der Waals surface area contributed by atoms with E-state index in [4.69, 9.17) is 32.7 Å². The minimum atomic E-state index is 0.323. The first-order valence-electron chi connectivity index (χ1n) is 7.83. The van der Waals surface area contributed by atoms with E-state index in [-0.39, 0.29) is 0 Å². The molecule has 1 heterocycles. The molecule has 0 bridgehead atoms. The zero-order valence-electron chi connectivity index (χ0n) is 14.0. The molecular formula is C18H16Cl2N4O2. The monoisotopic (exact) mass is 390 g/mol. The van der Waals surface area contributed by atoms with Gasteiger partial charge >= 0.3 is 0 Å². The van der Waals surface area contributed by atoms with Crippen LogP contribution in [0.5, 0.6) is 11.5 Å². The molecule has 0 aliphatic rings. The molecule has 0 N–H and O–H groups in total. The van der Waals surface area contributed by atoms with Crippen LogP contribution in [0.15, 0.2) is 54.2 Å². The Morgan fingerprint density at radius 3 is 2.58 bits per heavy atom. The number of hydrogen-bond donors (Lipinski definition) is 0. The highest BCUT2D eigenvalue weighted by molar-refractivity contribution is 6.36. The van der Waals surface area contributed by atoms with Crippen molar-refractivity contribution in [3.63, 3.8) is 0 Å². The van der Waals surface area contributed by atoms with Crippen LogP contribution in [-0.2, 0) is 0 Å². The number of nitrogens with zero attached hydrogens (tertiary/aromatic N) is 4. The molecule has 3 rings (SSSR count). The number of para-hydroxylation sites is 1. The summed E-state index contributed by atoms with van der Waals surface area (Å²) in [6.45, 7) is 2.70. The van der Waals surface area contributed by atoms with Gasteiger partial charge in [-0.1, -0.05) is 41.4 Å². The molecule has 134 valence electrons. The summed E-state index contributed by atoms with van der Waals surface area (Å²) in [6, 6.07) is 11.1. The van der Waals surface area contributed by atoms with Crippen LogP contribution in [0.1, 0.15) is 11.1 Å². The second kappa shape index (κ2) is 8.69. The maximum Gasteiger partial charge on any atom is 0.147 e. The van der Waals surface area contributed by atoms with Gasteiger partial charge in [-0.2, -0.15) is 5.10 Å². The quantitative estimate of drug-likeness (QED) is 0.447. The van der Waals surface area contributed by atoms with E-state index in [1.54, 1.807) is 18.3 Å². The van der Waals surface area contributed by atoms with Crippen molar-refractivity contribution in [3.05, 3.63) is 70.2 Å². The van der Waals surface area contributed by atoms with Crippen molar-refractivity contribution in [1.82, 2.24) is 14.9 Å². The van der Waals surface area contributed by atoms with Crippen LogP contribution in [0.25, 0.3) is 0 Å². The molecule has 0 aliphatic carbocycles. The molecule has 0 atom stereocenters. The average molecular weight is 391 g/mol. The van der Waals surface area contributed by atoms with Crippen LogP contribution in [0.4, 0.5) is 0 Å². The van der Waals surface area contributed by atoms with Crippen LogP contribution < -0.4 is 9.47 Å². The van der Waals surface area contributed by atoms with Crippen molar-refractivity contribution >= 4 is 29.4 Å². The first-order valence-corrected chi connectivity index (χ1v) is 8.58. The van der Waals surface area contributed by atoms with Gasteiger partial charge < -0.3 is 9.47 Å². The summed E-state index contributed by atoms with van der Waals surface area (Å²) in [5.41, 5.74) is 1.71. The number of benzene rings is 2. The van der Waals surface area contributed by atoms with Gasteiger partial charge in [0, 0.05) is 10.6 Å². The highest BCUT2D eigenvalue weighted by atomic mass is 35.5. The molecule has 3 aromatic rings. The molecule has 8 heteroatoms. The van der Waals surface area contributed by atoms with Gasteiger partial charge in [-0.3, -0.25) is 0 Å². The van der Waals surface area contributed by atoms with Crippen molar-refractivity contribution < 1.29 is 9.47 Å². The topological polar surface area (TPSA) is 61.5 Å². The highest BCUT2D eigenvalue weighted by Gasteiger charge is 2.10. The Hall–Kier alpha value is -2.57. The third-order valence-electron chi connectivity index (χ3n) is 3.45. The molecular weight excluding hydrogens is 375 g/mol. The van der Waals surface area contributed by atoms with Crippen molar-refractivity contribution in [1.29, 1.82) is 0 Å². The lowest BCUT2D eigenvalue weighted by Crippen LogP contribution is -2.11. The molecule has 0 spiro atoms. The Labute approximate surface area is 161 Å².